The lowest BCUT2D eigenvalue weighted by molar-refractivity contribution is -0.192. The molecule has 0 aliphatic rings. The standard InChI is InChI=1S/C12H25F3N2O/c1-5-10(16)11(12(13,14)15)17(6-7-18-4)8-9(2)3/h9-11H,5-8,16H2,1-4H3. The smallest absolute Gasteiger partial charge is 0.383 e. The predicted molar refractivity (Wildman–Crippen MR) is 66.4 cm³/mol. The third kappa shape index (κ3) is 6.02. The number of hydrogen-bond acceptors (Lipinski definition) is 3. The zero-order valence-electron chi connectivity index (χ0n) is 11.6. The average Bonchev–Trinajstić information content (AvgIpc) is 2.22. The molecule has 0 amide bonds. The van der Waals surface area contributed by atoms with Crippen molar-refractivity contribution in [2.24, 2.45) is 11.7 Å². The molecule has 0 saturated heterocycles. The van der Waals surface area contributed by atoms with E-state index in [4.69, 9.17) is 10.5 Å². The fourth-order valence-electron chi connectivity index (χ4n) is 1.97. The maximum Gasteiger partial charge on any atom is 0.405 e. The van der Waals surface area contributed by atoms with Gasteiger partial charge in [-0.05, 0) is 12.3 Å². The summed E-state index contributed by atoms with van der Waals surface area (Å²) in [5, 5.41) is 0. The molecule has 18 heavy (non-hydrogen) atoms. The SMILES string of the molecule is CCC(N)C(N(CCOC)CC(C)C)C(F)(F)F. The third-order valence-corrected chi connectivity index (χ3v) is 2.79. The van der Waals surface area contributed by atoms with Gasteiger partial charge in [-0.2, -0.15) is 13.2 Å². The number of alkyl halides is 3. The molecule has 0 aliphatic carbocycles. The number of nitrogens with two attached hydrogens (primary N) is 1. The molecule has 0 aromatic carbocycles. The first-order valence-corrected chi connectivity index (χ1v) is 6.29. The largest absolute Gasteiger partial charge is 0.405 e. The van der Waals surface area contributed by atoms with E-state index in [0.29, 0.717) is 13.0 Å². The van der Waals surface area contributed by atoms with Gasteiger partial charge < -0.3 is 10.5 Å². The van der Waals surface area contributed by atoms with E-state index in [1.165, 1.54) is 12.0 Å². The van der Waals surface area contributed by atoms with Crippen molar-refractivity contribution in [1.82, 2.24) is 4.90 Å². The van der Waals surface area contributed by atoms with Gasteiger partial charge in [0, 0.05) is 26.2 Å². The first kappa shape index (κ1) is 17.7. The zero-order chi connectivity index (χ0) is 14.3. The van der Waals surface area contributed by atoms with Gasteiger partial charge in [0.15, 0.2) is 0 Å². The van der Waals surface area contributed by atoms with E-state index >= 15 is 0 Å². The van der Waals surface area contributed by atoms with E-state index in [1.54, 1.807) is 6.92 Å². The van der Waals surface area contributed by atoms with Crippen LogP contribution in [0.4, 0.5) is 13.2 Å². The monoisotopic (exact) mass is 270 g/mol. The molecular weight excluding hydrogens is 245 g/mol. The molecule has 3 nitrogen and oxygen atoms in total. The number of nitrogens with zero attached hydrogens (tertiary/aromatic N) is 1. The Morgan fingerprint density at radius 2 is 1.83 bits per heavy atom. The van der Waals surface area contributed by atoms with Crippen LogP contribution in [0.25, 0.3) is 0 Å². The first-order chi connectivity index (χ1) is 8.23. The Hall–Kier alpha value is -0.330. The Labute approximate surface area is 107 Å². The molecule has 0 rings (SSSR count). The summed E-state index contributed by atoms with van der Waals surface area (Å²) in [7, 11) is 1.48. The summed E-state index contributed by atoms with van der Waals surface area (Å²) >= 11 is 0. The molecule has 0 aliphatic heterocycles. The van der Waals surface area contributed by atoms with Crippen molar-refractivity contribution in [2.75, 3.05) is 26.8 Å². The highest BCUT2D eigenvalue weighted by molar-refractivity contribution is 4.88. The van der Waals surface area contributed by atoms with Gasteiger partial charge in [-0.3, -0.25) is 4.90 Å². The maximum atomic E-state index is 13.1. The first-order valence-electron chi connectivity index (χ1n) is 6.29. The molecule has 110 valence electrons. The van der Waals surface area contributed by atoms with Gasteiger partial charge in [0.25, 0.3) is 0 Å². The molecule has 0 bridgehead atoms. The summed E-state index contributed by atoms with van der Waals surface area (Å²) in [4.78, 5) is 1.39. The quantitative estimate of drug-likeness (QED) is 0.735. The zero-order valence-corrected chi connectivity index (χ0v) is 11.6. The number of hydrogen-bond donors (Lipinski definition) is 1. The van der Waals surface area contributed by atoms with Crippen molar-refractivity contribution in [2.45, 2.75) is 45.5 Å². The van der Waals surface area contributed by atoms with Crippen LogP contribution >= 0.6 is 0 Å². The Balaban J connectivity index is 4.94. The van der Waals surface area contributed by atoms with Gasteiger partial charge in [-0.25, -0.2) is 0 Å². The average molecular weight is 270 g/mol. The summed E-state index contributed by atoms with van der Waals surface area (Å²) in [5.41, 5.74) is 5.65. The van der Waals surface area contributed by atoms with Gasteiger partial charge in [0.2, 0.25) is 0 Å². The molecule has 6 heteroatoms. The molecule has 0 spiro atoms. The van der Waals surface area contributed by atoms with Gasteiger partial charge in [0.05, 0.1) is 6.61 Å². The van der Waals surface area contributed by atoms with Crippen LogP contribution in [0, 0.1) is 5.92 Å². The van der Waals surface area contributed by atoms with E-state index < -0.39 is 18.3 Å². The van der Waals surface area contributed by atoms with Gasteiger partial charge in [-0.1, -0.05) is 20.8 Å². The second-order valence-corrected chi connectivity index (χ2v) is 4.94. The second kappa shape index (κ2) is 7.96. The fourth-order valence-corrected chi connectivity index (χ4v) is 1.97. The van der Waals surface area contributed by atoms with E-state index in [-0.39, 0.29) is 19.1 Å². The van der Waals surface area contributed by atoms with Crippen LogP contribution in [0.3, 0.4) is 0 Å². The van der Waals surface area contributed by atoms with Crippen LogP contribution in [0.5, 0.6) is 0 Å². The Bertz CT molecular complexity index is 222. The Morgan fingerprint density at radius 1 is 1.28 bits per heavy atom. The molecule has 2 unspecified atom stereocenters. The van der Waals surface area contributed by atoms with Crippen LogP contribution in [-0.2, 0) is 4.74 Å². The van der Waals surface area contributed by atoms with Crippen LogP contribution in [0.2, 0.25) is 0 Å². The number of rotatable bonds is 8. The Kier molecular flexibility index (Phi) is 7.82. The molecule has 2 atom stereocenters. The van der Waals surface area contributed by atoms with Crippen molar-refractivity contribution in [3.05, 3.63) is 0 Å². The molecular formula is C12H25F3N2O. The summed E-state index contributed by atoms with van der Waals surface area (Å²) < 4.78 is 44.2. The van der Waals surface area contributed by atoms with Gasteiger partial charge in [-0.15, -0.1) is 0 Å². The van der Waals surface area contributed by atoms with Crippen LogP contribution < -0.4 is 5.73 Å². The summed E-state index contributed by atoms with van der Waals surface area (Å²) in [5.74, 6) is 0.149. The fraction of sp³-hybridized carbons (Fsp3) is 1.00. The second-order valence-electron chi connectivity index (χ2n) is 4.94. The highest BCUT2D eigenvalue weighted by Gasteiger charge is 2.46. The minimum absolute atomic E-state index is 0.149. The van der Waals surface area contributed by atoms with E-state index in [2.05, 4.69) is 0 Å². The van der Waals surface area contributed by atoms with Crippen molar-refractivity contribution in [3.63, 3.8) is 0 Å². The van der Waals surface area contributed by atoms with Gasteiger partial charge in [0.1, 0.15) is 6.04 Å². The lowest BCUT2D eigenvalue weighted by Crippen LogP contribution is -2.57. The molecule has 0 saturated carbocycles. The van der Waals surface area contributed by atoms with Crippen LogP contribution in [0.15, 0.2) is 0 Å². The van der Waals surface area contributed by atoms with Crippen molar-refractivity contribution >= 4 is 0 Å². The molecule has 0 fully saturated rings. The van der Waals surface area contributed by atoms with E-state index in [9.17, 15) is 13.2 Å². The Morgan fingerprint density at radius 3 is 2.17 bits per heavy atom. The molecule has 2 N–H and O–H groups in total. The number of methoxy groups -OCH3 is 1. The van der Waals surface area contributed by atoms with Gasteiger partial charge >= 0.3 is 6.18 Å². The predicted octanol–water partition coefficient (Wildman–Crippen LogP) is 2.26. The summed E-state index contributed by atoms with van der Waals surface area (Å²) in [6.45, 7) is 6.34. The third-order valence-electron chi connectivity index (χ3n) is 2.79. The minimum Gasteiger partial charge on any atom is -0.383 e. The van der Waals surface area contributed by atoms with Crippen LogP contribution in [-0.4, -0.2) is 50.0 Å². The molecule has 0 aromatic heterocycles. The summed E-state index contributed by atoms with van der Waals surface area (Å²) in [6.07, 6.45) is -4.01. The topological polar surface area (TPSA) is 38.5 Å². The van der Waals surface area contributed by atoms with E-state index in [0.717, 1.165) is 0 Å². The molecule has 0 heterocycles. The van der Waals surface area contributed by atoms with Crippen LogP contribution in [0.1, 0.15) is 27.2 Å². The number of ether oxygens (including phenoxy) is 1. The molecule has 0 aromatic rings. The maximum absolute atomic E-state index is 13.1. The minimum atomic E-state index is -4.31. The van der Waals surface area contributed by atoms with Crippen molar-refractivity contribution in [1.29, 1.82) is 0 Å². The van der Waals surface area contributed by atoms with Crippen molar-refractivity contribution < 1.29 is 17.9 Å². The summed E-state index contributed by atoms with van der Waals surface area (Å²) in [6, 6.07) is -2.50. The molecule has 0 radical (unpaired) electrons. The lowest BCUT2D eigenvalue weighted by Gasteiger charge is -2.37. The van der Waals surface area contributed by atoms with Crippen molar-refractivity contribution in [3.8, 4) is 0 Å². The normalized spacial score (nSPS) is 16.3. The number of halogens is 3. The highest BCUT2D eigenvalue weighted by atomic mass is 19.4. The lowest BCUT2D eigenvalue weighted by atomic mass is 10.0. The van der Waals surface area contributed by atoms with E-state index in [1.807, 2.05) is 13.8 Å². The highest BCUT2D eigenvalue weighted by Crippen LogP contribution is 2.28.